The van der Waals surface area contributed by atoms with Crippen LogP contribution in [-0.4, -0.2) is 52.4 Å². The summed E-state index contributed by atoms with van der Waals surface area (Å²) in [6.07, 6.45) is 55.7. The Hall–Kier alpha value is -1.20. The lowest BCUT2D eigenvalue weighted by Crippen LogP contribution is -2.25. The number of nitrogens with one attached hydrogen (secondary N) is 4. The van der Waals surface area contributed by atoms with Crippen LogP contribution in [0.3, 0.4) is 0 Å². The van der Waals surface area contributed by atoms with Crippen LogP contribution in [-0.2, 0) is 0 Å². The smallest absolute Gasteiger partial charge is 0.00368 e. The van der Waals surface area contributed by atoms with Crippen molar-refractivity contribution in [2.24, 2.45) is 0 Å². The van der Waals surface area contributed by atoms with Crippen molar-refractivity contribution in [3.63, 3.8) is 0 Å². The zero-order valence-electron chi connectivity index (χ0n) is 34.1. The van der Waals surface area contributed by atoms with Gasteiger partial charge >= 0.3 is 0 Å². The third-order valence-corrected chi connectivity index (χ3v) is 9.48. The highest BCUT2D eigenvalue weighted by atomic mass is 14.9. The Balaban J connectivity index is 3.12. The van der Waals surface area contributed by atoms with Crippen molar-refractivity contribution >= 4 is 0 Å². The number of hydrogen-bond donors (Lipinski definition) is 4. The van der Waals surface area contributed by atoms with E-state index in [0.717, 1.165) is 52.1 Å². The van der Waals surface area contributed by atoms with Gasteiger partial charge in [0.05, 0.1) is 0 Å². The summed E-state index contributed by atoms with van der Waals surface area (Å²) in [5.41, 5.74) is 0. The van der Waals surface area contributed by atoms with Crippen molar-refractivity contribution < 1.29 is 0 Å². The van der Waals surface area contributed by atoms with Crippen LogP contribution >= 0.6 is 0 Å². The van der Waals surface area contributed by atoms with Crippen molar-refractivity contribution in [3.05, 3.63) is 48.6 Å². The lowest BCUT2D eigenvalue weighted by Gasteiger charge is -2.08. The van der Waals surface area contributed by atoms with Gasteiger partial charge in [-0.3, -0.25) is 0 Å². The first kappa shape index (κ1) is 48.8. The molecular weight excluding hydrogens is 609 g/mol. The van der Waals surface area contributed by atoms with Crippen molar-refractivity contribution in [2.75, 3.05) is 52.4 Å². The van der Waals surface area contributed by atoms with Crippen molar-refractivity contribution in [1.82, 2.24) is 21.3 Å². The molecule has 0 aliphatic rings. The van der Waals surface area contributed by atoms with Crippen molar-refractivity contribution in [1.29, 1.82) is 0 Å². The molecule has 0 aromatic rings. The average Bonchev–Trinajstić information content (AvgIpc) is 3.13. The summed E-state index contributed by atoms with van der Waals surface area (Å²) < 4.78 is 0. The van der Waals surface area contributed by atoms with E-state index in [2.05, 4.69) is 83.7 Å². The molecule has 4 N–H and O–H groups in total. The predicted octanol–water partition coefficient (Wildman–Crippen LogP) is 12.5. The SMILES string of the molecule is CCCCCC=CCC=CCCCCCCCCNCCCNCCCCNCCCNCCCCCCCC/C=C\CC=CCCCCC. The molecule has 0 amide bonds. The maximum absolute atomic E-state index is 3.63. The molecule has 0 aliphatic carbocycles. The van der Waals surface area contributed by atoms with Gasteiger partial charge in [-0.1, -0.05) is 140 Å². The minimum absolute atomic E-state index is 1.11. The van der Waals surface area contributed by atoms with Gasteiger partial charge in [-0.05, 0) is 155 Å². The average molecular weight is 699 g/mol. The van der Waals surface area contributed by atoms with Gasteiger partial charge in [0, 0.05) is 0 Å². The highest BCUT2D eigenvalue weighted by Gasteiger charge is 1.95. The van der Waals surface area contributed by atoms with E-state index in [-0.39, 0.29) is 0 Å². The van der Waals surface area contributed by atoms with Gasteiger partial charge in [-0.2, -0.15) is 0 Å². The molecule has 0 bridgehead atoms. The van der Waals surface area contributed by atoms with Crippen LogP contribution < -0.4 is 21.3 Å². The van der Waals surface area contributed by atoms with Crippen LogP contribution in [0.1, 0.15) is 194 Å². The van der Waals surface area contributed by atoms with Gasteiger partial charge in [0.1, 0.15) is 0 Å². The Kier molecular flexibility index (Phi) is 46.7. The first-order valence-corrected chi connectivity index (χ1v) is 22.3. The molecule has 0 radical (unpaired) electrons. The fraction of sp³-hybridized carbons (Fsp3) is 0.826. The summed E-state index contributed by atoms with van der Waals surface area (Å²) in [5, 5.41) is 14.5. The molecule has 50 heavy (non-hydrogen) atoms. The van der Waals surface area contributed by atoms with Gasteiger partial charge < -0.3 is 21.3 Å². The van der Waals surface area contributed by atoms with Crippen LogP contribution in [0, 0.1) is 0 Å². The summed E-state index contributed by atoms with van der Waals surface area (Å²) in [7, 11) is 0. The monoisotopic (exact) mass is 699 g/mol. The van der Waals surface area contributed by atoms with E-state index in [1.165, 1.54) is 180 Å². The molecule has 0 saturated carbocycles. The van der Waals surface area contributed by atoms with E-state index in [4.69, 9.17) is 0 Å². The van der Waals surface area contributed by atoms with E-state index in [1.807, 2.05) is 0 Å². The third kappa shape index (κ3) is 46.8. The molecule has 0 aliphatic heterocycles. The third-order valence-electron chi connectivity index (χ3n) is 9.48. The van der Waals surface area contributed by atoms with Crippen LogP contribution in [0.25, 0.3) is 0 Å². The Labute approximate surface area is 315 Å². The van der Waals surface area contributed by atoms with E-state index >= 15 is 0 Å². The number of unbranched alkanes of at least 4 members (excludes halogenated alkanes) is 19. The second-order valence-corrected chi connectivity index (χ2v) is 14.6. The molecule has 4 heteroatoms. The summed E-state index contributed by atoms with van der Waals surface area (Å²) in [5.74, 6) is 0. The quantitative estimate of drug-likeness (QED) is 0.0378. The largest absolute Gasteiger partial charge is 0.317 e. The van der Waals surface area contributed by atoms with Gasteiger partial charge in [0.25, 0.3) is 0 Å². The van der Waals surface area contributed by atoms with Crippen LogP contribution in [0.4, 0.5) is 0 Å². The highest BCUT2D eigenvalue weighted by Crippen LogP contribution is 2.09. The molecule has 0 spiro atoms. The number of hydrogen-bond acceptors (Lipinski definition) is 4. The minimum Gasteiger partial charge on any atom is -0.317 e. The Morgan fingerprint density at radius 2 is 0.480 bits per heavy atom. The first-order valence-electron chi connectivity index (χ1n) is 22.3. The fourth-order valence-corrected chi connectivity index (χ4v) is 6.15. The highest BCUT2D eigenvalue weighted by molar-refractivity contribution is 4.93. The molecule has 0 aromatic carbocycles. The van der Waals surface area contributed by atoms with Crippen molar-refractivity contribution in [2.45, 2.75) is 194 Å². The molecule has 4 nitrogen and oxygen atoms in total. The Morgan fingerprint density at radius 1 is 0.240 bits per heavy atom. The first-order chi connectivity index (χ1) is 24.9. The standard InChI is InChI=1S/C46H90N4/c1-3-5-7-9-11-13-15-17-19-21-23-25-27-29-31-33-39-47-43-37-45-49-41-35-36-42-50-46-38-44-48-40-34-32-30-28-26-24-22-20-18-16-14-12-10-8-6-4-2/h11-14,17-20,47-50H,3-10,15-16,21-46H2,1-2H3/b13-11?,14-12?,19-17-,20-18?. The molecule has 294 valence electrons. The summed E-state index contributed by atoms with van der Waals surface area (Å²) in [4.78, 5) is 0. The molecule has 0 atom stereocenters. The lowest BCUT2D eigenvalue weighted by molar-refractivity contribution is 0.531. The molecule has 0 saturated heterocycles. The molecule has 0 unspecified atom stereocenters. The molecular formula is C46H90N4. The lowest BCUT2D eigenvalue weighted by atomic mass is 10.1. The molecule has 0 heterocycles. The van der Waals surface area contributed by atoms with Gasteiger partial charge in [-0.25, -0.2) is 0 Å². The number of allylic oxidation sites excluding steroid dienone is 8. The van der Waals surface area contributed by atoms with E-state index < -0.39 is 0 Å². The zero-order chi connectivity index (χ0) is 35.9. The van der Waals surface area contributed by atoms with Crippen LogP contribution in [0.2, 0.25) is 0 Å². The van der Waals surface area contributed by atoms with E-state index in [0.29, 0.717) is 0 Å². The summed E-state index contributed by atoms with van der Waals surface area (Å²) in [6.45, 7) is 13.8. The summed E-state index contributed by atoms with van der Waals surface area (Å²) in [6, 6.07) is 0. The summed E-state index contributed by atoms with van der Waals surface area (Å²) >= 11 is 0. The Morgan fingerprint density at radius 3 is 0.800 bits per heavy atom. The molecule has 0 rings (SSSR count). The second-order valence-electron chi connectivity index (χ2n) is 14.6. The van der Waals surface area contributed by atoms with Gasteiger partial charge in [0.15, 0.2) is 0 Å². The fourth-order valence-electron chi connectivity index (χ4n) is 6.15. The van der Waals surface area contributed by atoms with E-state index in [1.54, 1.807) is 0 Å². The van der Waals surface area contributed by atoms with Crippen LogP contribution in [0.15, 0.2) is 48.6 Å². The van der Waals surface area contributed by atoms with Gasteiger partial charge in [0.2, 0.25) is 0 Å². The predicted molar refractivity (Wildman–Crippen MR) is 229 cm³/mol. The zero-order valence-corrected chi connectivity index (χ0v) is 34.1. The normalized spacial score (nSPS) is 12.3. The van der Waals surface area contributed by atoms with Gasteiger partial charge in [-0.15, -0.1) is 0 Å². The maximum atomic E-state index is 3.63. The second kappa shape index (κ2) is 47.8. The van der Waals surface area contributed by atoms with E-state index in [9.17, 15) is 0 Å². The number of rotatable bonds is 43. The maximum Gasteiger partial charge on any atom is -0.00368 e. The van der Waals surface area contributed by atoms with Crippen LogP contribution in [0.5, 0.6) is 0 Å². The molecule has 0 aromatic heterocycles. The minimum atomic E-state index is 1.11. The van der Waals surface area contributed by atoms with Crippen molar-refractivity contribution in [3.8, 4) is 0 Å². The molecule has 0 fully saturated rings. The Bertz CT molecular complexity index is 653. The topological polar surface area (TPSA) is 48.1 Å².